The van der Waals surface area contributed by atoms with Crippen LogP contribution in [0, 0.1) is 0 Å². The molecule has 59 heavy (non-hydrogen) atoms. The molecule has 1 aliphatic carbocycles. The molecule has 1 heteroatoms. The van der Waals surface area contributed by atoms with E-state index in [1.165, 1.54) is 55.7 Å². The summed E-state index contributed by atoms with van der Waals surface area (Å²) in [5.41, 5.74) is 13.0. The lowest BCUT2D eigenvalue weighted by molar-refractivity contribution is 0.415. The molecule has 1 unspecified atom stereocenters. The van der Waals surface area contributed by atoms with Crippen LogP contribution in [-0.2, 0) is 10.8 Å². The van der Waals surface area contributed by atoms with Crippen LogP contribution in [0.2, 0.25) is 0 Å². The number of ether oxygens (including phenoxy) is 1. The lowest BCUT2D eigenvalue weighted by Gasteiger charge is -2.54. The maximum Gasteiger partial charge on any atom is 0.118 e. The van der Waals surface area contributed by atoms with E-state index in [2.05, 4.69) is 237 Å². The first-order valence-corrected chi connectivity index (χ1v) is 20.4. The Hall–Kier alpha value is -7.22. The van der Waals surface area contributed by atoms with Crippen molar-refractivity contribution in [3.63, 3.8) is 0 Å². The second-order valence-corrected chi connectivity index (χ2v) is 15.1. The van der Waals surface area contributed by atoms with Crippen molar-refractivity contribution in [2.45, 2.75) is 17.3 Å². The van der Waals surface area contributed by atoms with Crippen LogP contribution in [0.15, 0.2) is 260 Å². The molecule has 8 aromatic carbocycles. The molecule has 9 rings (SSSR count). The van der Waals surface area contributed by atoms with Crippen LogP contribution in [0.25, 0.3) is 16.7 Å². The average molecular weight is 759 g/mol. The number of benzene rings is 8. The van der Waals surface area contributed by atoms with E-state index in [-0.39, 0.29) is 0 Å². The maximum absolute atomic E-state index is 5.51. The van der Waals surface area contributed by atoms with E-state index in [9.17, 15) is 0 Å². The molecule has 0 radical (unpaired) electrons. The van der Waals surface area contributed by atoms with Gasteiger partial charge in [-0.05, 0) is 85.3 Å². The van der Waals surface area contributed by atoms with Crippen LogP contribution in [0.4, 0.5) is 0 Å². The third-order valence-electron chi connectivity index (χ3n) is 12.0. The largest absolute Gasteiger partial charge is 0.497 e. The molecule has 1 atom stereocenters. The topological polar surface area (TPSA) is 9.23 Å². The Balaban J connectivity index is 1.38. The van der Waals surface area contributed by atoms with Crippen LogP contribution >= 0.6 is 0 Å². The fourth-order valence-corrected chi connectivity index (χ4v) is 9.50. The lowest BCUT2D eigenvalue weighted by atomic mass is 9.46. The molecule has 0 bridgehead atoms. The molecular formula is C58H46O. The SMILES string of the molecule is COc1ccc(-c2ccc(C(C3=CCC(=C(c4ccccc4)c4ccccc4)C=C3)(c3ccccc3)C(c3ccccc3)(c3ccccc3)c3ccccc3)cc2)cc1. The van der Waals surface area contributed by atoms with Gasteiger partial charge < -0.3 is 4.74 Å². The van der Waals surface area contributed by atoms with Gasteiger partial charge in [0.1, 0.15) is 5.75 Å². The summed E-state index contributed by atoms with van der Waals surface area (Å²) >= 11 is 0. The van der Waals surface area contributed by atoms with Crippen molar-refractivity contribution in [2.75, 3.05) is 7.11 Å². The Bertz CT molecular complexity index is 2560. The highest BCUT2D eigenvalue weighted by Gasteiger charge is 2.58. The van der Waals surface area contributed by atoms with Crippen LogP contribution < -0.4 is 4.74 Å². The minimum atomic E-state index is -0.765. The van der Waals surface area contributed by atoms with E-state index in [1.807, 2.05) is 12.1 Å². The smallest absolute Gasteiger partial charge is 0.118 e. The van der Waals surface area contributed by atoms with Crippen LogP contribution in [0.1, 0.15) is 45.4 Å². The van der Waals surface area contributed by atoms with Crippen LogP contribution in [-0.4, -0.2) is 7.11 Å². The minimum Gasteiger partial charge on any atom is -0.497 e. The van der Waals surface area contributed by atoms with Crippen molar-refractivity contribution in [3.05, 3.63) is 299 Å². The highest BCUT2D eigenvalue weighted by molar-refractivity contribution is 5.84. The number of allylic oxidation sites excluding steroid dienone is 5. The standard InChI is InChI=1S/C58H46O/c1-59-55-42-36-45(37-43-55)44-32-38-53(39-33-44)58(52-30-18-7-19-31-52,54-40-34-48(35-41-54)56(46-20-8-2-9-21-46)47-22-10-3-11-23-47)57(49-24-12-4-13-25-49,50-26-14-5-15-27-50)51-28-16-6-17-29-51/h2-34,36-43H,35H2,1H3. The Labute approximate surface area is 349 Å². The zero-order chi connectivity index (χ0) is 39.9. The van der Waals surface area contributed by atoms with E-state index in [4.69, 9.17) is 4.74 Å². The highest BCUT2D eigenvalue weighted by Crippen LogP contribution is 2.61. The number of methoxy groups -OCH3 is 1. The predicted molar refractivity (Wildman–Crippen MR) is 246 cm³/mol. The molecule has 8 aromatic rings. The first-order valence-electron chi connectivity index (χ1n) is 20.4. The molecule has 0 heterocycles. The van der Waals surface area contributed by atoms with E-state index < -0.39 is 10.8 Å². The Morgan fingerprint density at radius 1 is 0.373 bits per heavy atom. The minimum absolute atomic E-state index is 0.737. The summed E-state index contributed by atoms with van der Waals surface area (Å²) in [5.74, 6) is 0.846. The second kappa shape index (κ2) is 16.7. The van der Waals surface area contributed by atoms with Gasteiger partial charge >= 0.3 is 0 Å². The van der Waals surface area contributed by atoms with Crippen molar-refractivity contribution in [2.24, 2.45) is 0 Å². The number of rotatable bonds is 11. The highest BCUT2D eigenvalue weighted by atomic mass is 16.5. The predicted octanol–water partition coefficient (Wildman–Crippen LogP) is 14.1. The van der Waals surface area contributed by atoms with Gasteiger partial charge in [0.2, 0.25) is 0 Å². The number of hydrogen-bond acceptors (Lipinski definition) is 1. The molecule has 0 saturated carbocycles. The molecule has 1 nitrogen and oxygen atoms in total. The fourth-order valence-electron chi connectivity index (χ4n) is 9.50. The van der Waals surface area contributed by atoms with E-state index in [1.54, 1.807) is 7.11 Å². The molecule has 0 saturated heterocycles. The maximum atomic E-state index is 5.51. The van der Waals surface area contributed by atoms with Gasteiger partial charge in [-0.3, -0.25) is 0 Å². The second-order valence-electron chi connectivity index (χ2n) is 15.1. The Kier molecular flexibility index (Phi) is 10.6. The van der Waals surface area contributed by atoms with E-state index >= 15 is 0 Å². The quantitative estimate of drug-likeness (QED) is 0.119. The molecular weight excluding hydrogens is 713 g/mol. The van der Waals surface area contributed by atoms with Crippen molar-refractivity contribution in [3.8, 4) is 16.9 Å². The molecule has 0 amide bonds. The van der Waals surface area contributed by atoms with Gasteiger partial charge in [-0.25, -0.2) is 0 Å². The zero-order valence-corrected chi connectivity index (χ0v) is 33.3. The monoisotopic (exact) mass is 758 g/mol. The van der Waals surface area contributed by atoms with Gasteiger partial charge in [0, 0.05) is 0 Å². The van der Waals surface area contributed by atoms with Crippen molar-refractivity contribution in [1.82, 2.24) is 0 Å². The molecule has 0 aromatic heterocycles. The summed E-state index contributed by atoms with van der Waals surface area (Å²) < 4.78 is 5.51. The zero-order valence-electron chi connectivity index (χ0n) is 33.3. The van der Waals surface area contributed by atoms with Crippen molar-refractivity contribution in [1.29, 1.82) is 0 Å². The van der Waals surface area contributed by atoms with Crippen LogP contribution in [0.5, 0.6) is 5.75 Å². The van der Waals surface area contributed by atoms with Gasteiger partial charge in [0.25, 0.3) is 0 Å². The molecule has 284 valence electrons. The van der Waals surface area contributed by atoms with Crippen LogP contribution in [0.3, 0.4) is 0 Å². The van der Waals surface area contributed by atoms with Crippen molar-refractivity contribution >= 4 is 5.57 Å². The third-order valence-corrected chi connectivity index (χ3v) is 12.0. The third kappa shape index (κ3) is 6.75. The average Bonchev–Trinajstić information content (AvgIpc) is 3.33. The molecule has 0 fully saturated rings. The van der Waals surface area contributed by atoms with Gasteiger partial charge in [-0.2, -0.15) is 0 Å². The molecule has 0 spiro atoms. The summed E-state index contributed by atoms with van der Waals surface area (Å²) in [6.07, 6.45) is 8.07. The first-order chi connectivity index (χ1) is 29.2. The normalized spacial score (nSPS) is 13.6. The summed E-state index contributed by atoms with van der Waals surface area (Å²) in [6.45, 7) is 0. The van der Waals surface area contributed by atoms with E-state index in [0.717, 1.165) is 23.3 Å². The molecule has 0 N–H and O–H groups in total. The Morgan fingerprint density at radius 2 is 0.729 bits per heavy atom. The summed E-state index contributed by atoms with van der Waals surface area (Å²) in [5, 5.41) is 0. The lowest BCUT2D eigenvalue weighted by Crippen LogP contribution is -2.53. The number of hydrogen-bond donors (Lipinski definition) is 0. The van der Waals surface area contributed by atoms with Gasteiger partial charge in [-0.1, -0.05) is 237 Å². The summed E-state index contributed by atoms with van der Waals surface area (Å²) in [7, 11) is 1.71. The van der Waals surface area contributed by atoms with Gasteiger partial charge in [0.15, 0.2) is 0 Å². The van der Waals surface area contributed by atoms with E-state index in [0.29, 0.717) is 0 Å². The first kappa shape index (κ1) is 37.4. The van der Waals surface area contributed by atoms with Gasteiger partial charge in [0.05, 0.1) is 17.9 Å². The fraction of sp³-hybridized carbons (Fsp3) is 0.0690. The Morgan fingerprint density at radius 3 is 1.10 bits per heavy atom. The summed E-state index contributed by atoms with van der Waals surface area (Å²) in [4.78, 5) is 0. The van der Waals surface area contributed by atoms with Crippen molar-refractivity contribution < 1.29 is 4.74 Å². The van der Waals surface area contributed by atoms with Gasteiger partial charge in [-0.15, -0.1) is 0 Å². The summed E-state index contributed by atoms with van der Waals surface area (Å²) in [6, 6.07) is 84.0. The molecule has 1 aliphatic rings. The molecule has 0 aliphatic heterocycles.